The number of ether oxygens (including phenoxy) is 2. The van der Waals surface area contributed by atoms with Gasteiger partial charge in [-0.05, 0) is 77.7 Å². The summed E-state index contributed by atoms with van der Waals surface area (Å²) in [6.45, 7) is 3.20. The van der Waals surface area contributed by atoms with Gasteiger partial charge in [-0.3, -0.25) is 9.59 Å². The molecule has 6 nitrogen and oxygen atoms in total. The van der Waals surface area contributed by atoms with E-state index in [2.05, 4.69) is 26.6 Å². The van der Waals surface area contributed by atoms with Crippen molar-refractivity contribution >= 4 is 33.4 Å². The van der Waals surface area contributed by atoms with Gasteiger partial charge in [0.25, 0.3) is 11.8 Å². The molecule has 0 saturated carbocycles. The molecule has 7 heteroatoms. The standard InChI is InChI=1S/C27H27BrN2O4/c1-18(19-7-3-2-4-8-19)29-26(31)20-9-5-10-22(15-20)30-27(32)21-12-13-25(24(28)16-21)34-17-23-11-6-14-33-23/h2-5,7-10,12-13,15-16,18,23H,6,11,14,17H2,1H3,(H,29,31)(H,30,32). The lowest BCUT2D eigenvalue weighted by atomic mass is 10.1. The number of rotatable bonds is 8. The molecule has 176 valence electrons. The van der Waals surface area contributed by atoms with Crippen molar-refractivity contribution in [3.8, 4) is 5.75 Å². The Morgan fingerprint density at radius 2 is 1.82 bits per heavy atom. The number of nitrogens with one attached hydrogen (secondary N) is 2. The van der Waals surface area contributed by atoms with Crippen molar-refractivity contribution in [2.45, 2.75) is 31.9 Å². The van der Waals surface area contributed by atoms with Gasteiger partial charge in [0.15, 0.2) is 0 Å². The maximum atomic E-state index is 12.8. The third kappa shape index (κ3) is 6.24. The van der Waals surface area contributed by atoms with Crippen LogP contribution < -0.4 is 15.4 Å². The summed E-state index contributed by atoms with van der Waals surface area (Å²) in [5.41, 5.74) is 2.51. The molecule has 1 fully saturated rings. The second kappa shape index (κ2) is 11.3. The Bertz CT molecular complexity index is 1150. The molecule has 0 radical (unpaired) electrons. The largest absolute Gasteiger partial charge is 0.490 e. The Morgan fingerprint density at radius 3 is 2.56 bits per heavy atom. The van der Waals surface area contributed by atoms with Gasteiger partial charge in [0.2, 0.25) is 0 Å². The predicted molar refractivity (Wildman–Crippen MR) is 135 cm³/mol. The summed E-state index contributed by atoms with van der Waals surface area (Å²) in [7, 11) is 0. The number of hydrogen-bond donors (Lipinski definition) is 2. The van der Waals surface area contributed by atoms with Crippen molar-refractivity contribution < 1.29 is 19.1 Å². The third-order valence-corrected chi connectivity index (χ3v) is 6.29. The van der Waals surface area contributed by atoms with Crippen LogP contribution in [0, 0.1) is 0 Å². The Balaban J connectivity index is 1.37. The molecule has 2 atom stereocenters. The van der Waals surface area contributed by atoms with E-state index < -0.39 is 0 Å². The molecule has 2 unspecified atom stereocenters. The Hall–Kier alpha value is -3.16. The highest BCUT2D eigenvalue weighted by atomic mass is 79.9. The third-order valence-electron chi connectivity index (χ3n) is 5.67. The van der Waals surface area contributed by atoms with Crippen LogP contribution in [0.4, 0.5) is 5.69 Å². The molecule has 34 heavy (non-hydrogen) atoms. The summed E-state index contributed by atoms with van der Waals surface area (Å²) in [5, 5.41) is 5.85. The summed E-state index contributed by atoms with van der Waals surface area (Å²) in [6.07, 6.45) is 2.18. The van der Waals surface area contributed by atoms with Crippen LogP contribution in [0.5, 0.6) is 5.75 Å². The lowest BCUT2D eigenvalue weighted by Crippen LogP contribution is -2.26. The van der Waals surface area contributed by atoms with Crippen LogP contribution in [-0.2, 0) is 4.74 Å². The van der Waals surface area contributed by atoms with Crippen LogP contribution in [0.25, 0.3) is 0 Å². The summed E-state index contributed by atoms with van der Waals surface area (Å²) >= 11 is 3.48. The minimum atomic E-state index is -0.276. The first-order valence-corrected chi connectivity index (χ1v) is 12.1. The van der Waals surface area contributed by atoms with Gasteiger partial charge in [0.1, 0.15) is 12.4 Å². The Kier molecular flexibility index (Phi) is 7.98. The number of halogens is 1. The van der Waals surface area contributed by atoms with E-state index in [1.807, 2.05) is 37.3 Å². The number of carbonyl (C=O) groups is 2. The summed E-state index contributed by atoms with van der Waals surface area (Å²) in [4.78, 5) is 25.5. The second-order valence-corrected chi connectivity index (χ2v) is 9.09. The monoisotopic (exact) mass is 522 g/mol. The molecule has 0 aromatic heterocycles. The minimum absolute atomic E-state index is 0.120. The van der Waals surface area contributed by atoms with E-state index >= 15 is 0 Å². The van der Waals surface area contributed by atoms with Crippen LogP contribution in [0.1, 0.15) is 52.1 Å². The van der Waals surface area contributed by atoms with Crippen LogP contribution >= 0.6 is 15.9 Å². The Labute approximate surface area is 207 Å². The van der Waals surface area contributed by atoms with Crippen molar-refractivity contribution in [3.05, 3.63) is 94.0 Å². The van der Waals surface area contributed by atoms with Crippen molar-refractivity contribution in [3.63, 3.8) is 0 Å². The van der Waals surface area contributed by atoms with Gasteiger partial charge in [-0.15, -0.1) is 0 Å². The van der Waals surface area contributed by atoms with E-state index in [0.717, 1.165) is 25.0 Å². The highest BCUT2D eigenvalue weighted by Gasteiger charge is 2.17. The van der Waals surface area contributed by atoms with Gasteiger partial charge in [0.05, 0.1) is 16.6 Å². The van der Waals surface area contributed by atoms with E-state index in [4.69, 9.17) is 9.47 Å². The molecule has 1 saturated heterocycles. The number of amides is 2. The molecule has 0 bridgehead atoms. The molecule has 1 heterocycles. The zero-order chi connectivity index (χ0) is 23.9. The number of benzene rings is 3. The fourth-order valence-corrected chi connectivity index (χ4v) is 4.26. The molecule has 3 aromatic rings. The maximum Gasteiger partial charge on any atom is 0.255 e. The lowest BCUT2D eigenvalue weighted by molar-refractivity contribution is 0.0677. The Morgan fingerprint density at radius 1 is 1.03 bits per heavy atom. The smallest absolute Gasteiger partial charge is 0.255 e. The van der Waals surface area contributed by atoms with Gasteiger partial charge in [-0.1, -0.05) is 36.4 Å². The maximum absolute atomic E-state index is 12.8. The van der Waals surface area contributed by atoms with Crippen molar-refractivity contribution in [1.29, 1.82) is 0 Å². The topological polar surface area (TPSA) is 76.7 Å². The van der Waals surface area contributed by atoms with Gasteiger partial charge < -0.3 is 20.1 Å². The first-order valence-electron chi connectivity index (χ1n) is 11.3. The zero-order valence-electron chi connectivity index (χ0n) is 18.9. The van der Waals surface area contributed by atoms with E-state index in [9.17, 15) is 9.59 Å². The average molecular weight is 523 g/mol. The van der Waals surface area contributed by atoms with E-state index in [1.54, 1.807) is 42.5 Å². The van der Waals surface area contributed by atoms with Crippen LogP contribution in [0.2, 0.25) is 0 Å². The summed E-state index contributed by atoms with van der Waals surface area (Å²) < 4.78 is 12.1. The molecule has 0 aliphatic carbocycles. The quantitative estimate of drug-likeness (QED) is 0.394. The van der Waals surface area contributed by atoms with Crippen LogP contribution in [-0.4, -0.2) is 31.1 Å². The number of anilines is 1. The van der Waals surface area contributed by atoms with Crippen molar-refractivity contribution in [2.24, 2.45) is 0 Å². The molecule has 1 aliphatic rings. The van der Waals surface area contributed by atoms with Gasteiger partial charge in [0, 0.05) is 23.4 Å². The van der Waals surface area contributed by atoms with Gasteiger partial charge >= 0.3 is 0 Å². The highest BCUT2D eigenvalue weighted by molar-refractivity contribution is 9.10. The molecule has 2 N–H and O–H groups in total. The van der Waals surface area contributed by atoms with Crippen molar-refractivity contribution in [2.75, 3.05) is 18.5 Å². The highest BCUT2D eigenvalue weighted by Crippen LogP contribution is 2.27. The second-order valence-electron chi connectivity index (χ2n) is 8.23. The fraction of sp³-hybridized carbons (Fsp3) is 0.259. The van der Waals surface area contributed by atoms with Crippen LogP contribution in [0.3, 0.4) is 0 Å². The molecule has 1 aliphatic heterocycles. The predicted octanol–water partition coefficient (Wildman–Crippen LogP) is 5.75. The first-order chi connectivity index (χ1) is 16.5. The molecule has 0 spiro atoms. The first kappa shape index (κ1) is 24.0. The van der Waals surface area contributed by atoms with Gasteiger partial charge in [-0.25, -0.2) is 0 Å². The van der Waals surface area contributed by atoms with E-state index in [-0.39, 0.29) is 24.0 Å². The lowest BCUT2D eigenvalue weighted by Gasteiger charge is -2.15. The molecule has 3 aromatic carbocycles. The zero-order valence-corrected chi connectivity index (χ0v) is 20.5. The average Bonchev–Trinajstić information content (AvgIpc) is 3.37. The number of carbonyl (C=O) groups excluding carboxylic acids is 2. The molecule has 2 amide bonds. The van der Waals surface area contributed by atoms with E-state index in [0.29, 0.717) is 33.6 Å². The summed E-state index contributed by atoms with van der Waals surface area (Å²) in [6, 6.07) is 21.7. The fourth-order valence-electron chi connectivity index (χ4n) is 3.76. The number of hydrogen-bond acceptors (Lipinski definition) is 4. The van der Waals surface area contributed by atoms with Crippen LogP contribution in [0.15, 0.2) is 77.3 Å². The minimum Gasteiger partial charge on any atom is -0.490 e. The SMILES string of the molecule is CC(NC(=O)c1cccc(NC(=O)c2ccc(OCC3CCCO3)c(Br)c2)c1)c1ccccc1. The summed E-state index contributed by atoms with van der Waals surface area (Å²) in [5.74, 6) is 0.183. The van der Waals surface area contributed by atoms with Gasteiger partial charge in [-0.2, -0.15) is 0 Å². The molecular weight excluding hydrogens is 496 g/mol. The molecular formula is C27H27BrN2O4. The van der Waals surface area contributed by atoms with Crippen molar-refractivity contribution in [1.82, 2.24) is 5.32 Å². The van der Waals surface area contributed by atoms with E-state index in [1.165, 1.54) is 0 Å². The normalized spacial score (nSPS) is 16.0. The molecule has 4 rings (SSSR count).